The fraction of sp³-hybridized carbons (Fsp3) is 0.316. The summed E-state index contributed by atoms with van der Waals surface area (Å²) < 4.78 is 0. The zero-order valence-corrected chi connectivity index (χ0v) is 14.3. The van der Waals surface area contributed by atoms with E-state index in [4.69, 9.17) is 0 Å². The molecule has 0 aromatic heterocycles. The lowest BCUT2D eigenvalue weighted by molar-refractivity contribution is -0.386. The first kappa shape index (κ1) is 17.9. The molecule has 1 saturated heterocycles. The molecule has 0 radical (unpaired) electrons. The summed E-state index contributed by atoms with van der Waals surface area (Å²) in [5, 5.41) is 21.4. The van der Waals surface area contributed by atoms with Crippen LogP contribution in [0.1, 0.15) is 18.1 Å². The third-order valence-electron chi connectivity index (χ3n) is 4.61. The van der Waals surface area contributed by atoms with Crippen LogP contribution in [0.2, 0.25) is 0 Å². The molecule has 1 aliphatic rings. The van der Waals surface area contributed by atoms with E-state index in [1.54, 1.807) is 17.0 Å². The zero-order chi connectivity index (χ0) is 18.5. The number of nitrogens with zero attached hydrogens (tertiary/aromatic N) is 3. The number of hydrogen-bond donors (Lipinski definition) is 1. The second kappa shape index (κ2) is 7.97. The van der Waals surface area contributed by atoms with Gasteiger partial charge in [0.2, 0.25) is 5.91 Å². The molecule has 7 nitrogen and oxygen atoms in total. The van der Waals surface area contributed by atoms with Gasteiger partial charge in [0.25, 0.3) is 5.69 Å². The van der Waals surface area contributed by atoms with Crippen LogP contribution in [0.3, 0.4) is 0 Å². The first-order valence-electron chi connectivity index (χ1n) is 8.55. The average molecular weight is 355 g/mol. The van der Waals surface area contributed by atoms with Gasteiger partial charge in [-0.3, -0.25) is 14.9 Å². The molecule has 7 heteroatoms. The molecule has 1 N–H and O–H groups in total. The summed E-state index contributed by atoms with van der Waals surface area (Å²) >= 11 is 0. The lowest BCUT2D eigenvalue weighted by atomic mass is 10.0. The number of carbonyl (C=O) groups excluding carboxylic acids is 1. The molecule has 1 heterocycles. The first-order valence-corrected chi connectivity index (χ1v) is 8.55. The highest BCUT2D eigenvalue weighted by Crippen LogP contribution is 2.27. The topological polar surface area (TPSA) is 86.9 Å². The van der Waals surface area contributed by atoms with Crippen molar-refractivity contribution in [1.29, 1.82) is 0 Å². The predicted octanol–water partition coefficient (Wildman–Crippen LogP) is 2.37. The van der Waals surface area contributed by atoms with Crippen molar-refractivity contribution in [3.05, 3.63) is 70.3 Å². The Balaban J connectivity index is 1.59. The second-order valence-electron chi connectivity index (χ2n) is 6.24. The van der Waals surface area contributed by atoms with Crippen molar-refractivity contribution in [2.45, 2.75) is 12.5 Å². The molecule has 136 valence electrons. The summed E-state index contributed by atoms with van der Waals surface area (Å²) in [6, 6.07) is 16.0. The maximum absolute atomic E-state index is 12.5. The van der Waals surface area contributed by atoms with E-state index >= 15 is 0 Å². The Morgan fingerprint density at radius 2 is 1.65 bits per heavy atom. The molecule has 3 rings (SSSR count). The first-order chi connectivity index (χ1) is 12.6. The number of para-hydroxylation sites is 2. The number of piperazine rings is 1. The number of carbonyl (C=O) groups is 1. The highest BCUT2D eigenvalue weighted by Gasteiger charge is 2.26. The van der Waals surface area contributed by atoms with Crippen LogP contribution in [0.25, 0.3) is 0 Å². The Morgan fingerprint density at radius 1 is 1.04 bits per heavy atom. The number of hydrogen-bond acceptors (Lipinski definition) is 5. The van der Waals surface area contributed by atoms with Crippen molar-refractivity contribution in [3.63, 3.8) is 0 Å². The van der Waals surface area contributed by atoms with E-state index < -0.39 is 11.0 Å². The van der Waals surface area contributed by atoms with Gasteiger partial charge in [0.05, 0.1) is 23.0 Å². The van der Waals surface area contributed by atoms with E-state index in [0.717, 1.165) is 18.8 Å². The Morgan fingerprint density at radius 3 is 2.31 bits per heavy atom. The number of benzene rings is 2. The van der Waals surface area contributed by atoms with Crippen LogP contribution in [0, 0.1) is 10.1 Å². The van der Waals surface area contributed by atoms with Crippen LogP contribution < -0.4 is 4.90 Å². The maximum Gasteiger partial charge on any atom is 0.275 e. The normalized spacial score (nSPS) is 15.6. The summed E-state index contributed by atoms with van der Waals surface area (Å²) in [5.41, 5.74) is 1.13. The maximum atomic E-state index is 12.5. The minimum atomic E-state index is -1.18. The molecule has 1 aliphatic heterocycles. The van der Waals surface area contributed by atoms with Crippen LogP contribution >= 0.6 is 0 Å². The number of amides is 1. The monoisotopic (exact) mass is 355 g/mol. The van der Waals surface area contributed by atoms with Crippen molar-refractivity contribution in [1.82, 2.24) is 4.90 Å². The van der Waals surface area contributed by atoms with Crippen molar-refractivity contribution < 1.29 is 14.8 Å². The molecule has 2 aromatic rings. The van der Waals surface area contributed by atoms with Crippen molar-refractivity contribution in [2.75, 3.05) is 31.1 Å². The lowest BCUT2D eigenvalue weighted by Crippen LogP contribution is -2.49. The van der Waals surface area contributed by atoms with E-state index in [9.17, 15) is 20.0 Å². The van der Waals surface area contributed by atoms with Crippen molar-refractivity contribution in [3.8, 4) is 0 Å². The van der Waals surface area contributed by atoms with Gasteiger partial charge in [0.1, 0.15) is 0 Å². The number of anilines is 1. The van der Waals surface area contributed by atoms with E-state index in [1.165, 1.54) is 12.1 Å². The molecule has 2 aromatic carbocycles. The summed E-state index contributed by atoms with van der Waals surface area (Å²) in [6.07, 6.45) is -1.34. The van der Waals surface area contributed by atoms with Gasteiger partial charge >= 0.3 is 0 Å². The van der Waals surface area contributed by atoms with Gasteiger partial charge in [-0.15, -0.1) is 0 Å². The van der Waals surface area contributed by atoms with Crippen LogP contribution in [0.4, 0.5) is 11.4 Å². The fourth-order valence-corrected chi connectivity index (χ4v) is 3.19. The zero-order valence-electron chi connectivity index (χ0n) is 14.3. The molecule has 0 saturated carbocycles. The SMILES string of the molecule is O=C(CC(O)c1ccccc1[N+](=O)[O-])N1CCN(c2ccccc2)CC1. The molecule has 26 heavy (non-hydrogen) atoms. The molecule has 1 amide bonds. The smallest absolute Gasteiger partial charge is 0.275 e. The summed E-state index contributed by atoms with van der Waals surface area (Å²) in [6.45, 7) is 2.57. The van der Waals surface area contributed by atoms with Gasteiger partial charge in [-0.25, -0.2) is 0 Å². The molecule has 0 bridgehead atoms. The van der Waals surface area contributed by atoms with E-state index in [2.05, 4.69) is 4.90 Å². The van der Waals surface area contributed by atoms with E-state index in [-0.39, 0.29) is 23.6 Å². The van der Waals surface area contributed by atoms with Crippen LogP contribution in [-0.2, 0) is 4.79 Å². The van der Waals surface area contributed by atoms with Gasteiger partial charge in [-0.2, -0.15) is 0 Å². The largest absolute Gasteiger partial charge is 0.388 e. The highest BCUT2D eigenvalue weighted by molar-refractivity contribution is 5.77. The van der Waals surface area contributed by atoms with Gasteiger partial charge in [-0.1, -0.05) is 30.3 Å². The third kappa shape index (κ3) is 4.00. The van der Waals surface area contributed by atoms with Crippen LogP contribution in [0.15, 0.2) is 54.6 Å². The number of nitro benzene ring substituents is 1. The molecule has 0 spiro atoms. The molecule has 1 unspecified atom stereocenters. The van der Waals surface area contributed by atoms with Crippen molar-refractivity contribution >= 4 is 17.3 Å². The molecular weight excluding hydrogens is 334 g/mol. The predicted molar refractivity (Wildman–Crippen MR) is 97.9 cm³/mol. The molecule has 0 aliphatic carbocycles. The molecular formula is C19H21N3O4. The number of aliphatic hydroxyl groups is 1. The summed E-state index contributed by atoms with van der Waals surface area (Å²) in [5.74, 6) is -0.191. The Kier molecular flexibility index (Phi) is 5.48. The summed E-state index contributed by atoms with van der Waals surface area (Å²) in [4.78, 5) is 26.9. The molecule has 1 fully saturated rings. The second-order valence-corrected chi connectivity index (χ2v) is 6.24. The molecule has 1 atom stereocenters. The number of aliphatic hydroxyl groups excluding tert-OH is 1. The van der Waals surface area contributed by atoms with Gasteiger partial charge in [0, 0.05) is 37.9 Å². The van der Waals surface area contributed by atoms with Crippen LogP contribution in [-0.4, -0.2) is 47.0 Å². The van der Waals surface area contributed by atoms with Crippen molar-refractivity contribution in [2.24, 2.45) is 0 Å². The minimum absolute atomic E-state index is 0.157. The number of rotatable bonds is 5. The highest BCUT2D eigenvalue weighted by atomic mass is 16.6. The minimum Gasteiger partial charge on any atom is -0.388 e. The summed E-state index contributed by atoms with van der Waals surface area (Å²) in [7, 11) is 0. The van der Waals surface area contributed by atoms with Gasteiger partial charge < -0.3 is 14.9 Å². The Bertz CT molecular complexity index is 773. The van der Waals surface area contributed by atoms with E-state index in [0.29, 0.717) is 13.1 Å². The standard InChI is InChI=1S/C19H21N3O4/c23-18(16-8-4-5-9-17(16)22(25)26)14-19(24)21-12-10-20(11-13-21)15-6-2-1-3-7-15/h1-9,18,23H,10-14H2. The van der Waals surface area contributed by atoms with E-state index in [1.807, 2.05) is 30.3 Å². The number of nitro groups is 1. The average Bonchev–Trinajstić information content (AvgIpc) is 2.68. The van der Waals surface area contributed by atoms with Gasteiger partial charge in [-0.05, 0) is 18.2 Å². The Hall–Kier alpha value is -2.93. The Labute approximate surface area is 151 Å². The fourth-order valence-electron chi connectivity index (χ4n) is 3.19. The lowest BCUT2D eigenvalue weighted by Gasteiger charge is -2.36. The third-order valence-corrected chi connectivity index (χ3v) is 4.61. The van der Waals surface area contributed by atoms with Crippen LogP contribution in [0.5, 0.6) is 0 Å². The van der Waals surface area contributed by atoms with Gasteiger partial charge in [0.15, 0.2) is 0 Å². The quantitative estimate of drug-likeness (QED) is 0.657.